The van der Waals surface area contributed by atoms with Crippen LogP contribution in [0.25, 0.3) is 10.9 Å². The minimum atomic E-state index is -4.10. The molecule has 36 heavy (non-hydrogen) atoms. The smallest absolute Gasteiger partial charge is 0.328 e. The summed E-state index contributed by atoms with van der Waals surface area (Å²) in [5.74, 6) is -1.86. The van der Waals surface area contributed by atoms with Gasteiger partial charge in [-0.2, -0.15) is 0 Å². The van der Waals surface area contributed by atoms with Gasteiger partial charge in [0, 0.05) is 29.1 Å². The molecule has 3 N–H and O–H groups in total. The van der Waals surface area contributed by atoms with Crippen LogP contribution in [0.1, 0.15) is 15.9 Å². The second kappa shape index (κ2) is 10.4. The molecule has 0 aliphatic carbocycles. The van der Waals surface area contributed by atoms with E-state index in [-0.39, 0.29) is 27.6 Å². The molecule has 0 spiro atoms. The molecule has 186 valence electrons. The zero-order valence-corrected chi connectivity index (χ0v) is 20.5. The van der Waals surface area contributed by atoms with Gasteiger partial charge in [0.25, 0.3) is 15.9 Å². The number of anilines is 1. The van der Waals surface area contributed by atoms with Gasteiger partial charge < -0.3 is 15.0 Å². The third-order valence-corrected chi connectivity index (χ3v) is 7.20. The Morgan fingerprint density at radius 2 is 1.81 bits per heavy atom. The number of benzene rings is 3. The Kier molecular flexibility index (Phi) is 7.27. The van der Waals surface area contributed by atoms with Gasteiger partial charge >= 0.3 is 5.97 Å². The summed E-state index contributed by atoms with van der Waals surface area (Å²) in [5.41, 5.74) is 1.70. The number of amides is 1. The number of aromatic nitrogens is 1. The first-order chi connectivity index (χ1) is 17.2. The van der Waals surface area contributed by atoms with Crippen LogP contribution >= 0.6 is 11.6 Å². The Morgan fingerprint density at radius 3 is 2.53 bits per heavy atom. The van der Waals surface area contributed by atoms with Crippen molar-refractivity contribution in [2.24, 2.45) is 0 Å². The van der Waals surface area contributed by atoms with Crippen molar-refractivity contribution in [3.8, 4) is 0 Å². The lowest BCUT2D eigenvalue weighted by Gasteiger charge is -2.17. The lowest BCUT2D eigenvalue weighted by molar-refractivity contribution is -0.142. The summed E-state index contributed by atoms with van der Waals surface area (Å²) in [4.78, 5) is 28.4. The normalized spacial score (nSPS) is 12.2. The van der Waals surface area contributed by atoms with E-state index in [4.69, 9.17) is 16.3 Å². The van der Waals surface area contributed by atoms with E-state index in [0.717, 1.165) is 40.7 Å². The van der Waals surface area contributed by atoms with Crippen LogP contribution in [0.5, 0.6) is 0 Å². The maximum absolute atomic E-state index is 13.2. The van der Waals surface area contributed by atoms with Gasteiger partial charge in [-0.05, 0) is 54.1 Å². The Balaban J connectivity index is 1.56. The Morgan fingerprint density at radius 1 is 1.08 bits per heavy atom. The molecule has 0 unspecified atom stereocenters. The number of hydrogen-bond donors (Lipinski definition) is 3. The standard InChI is InChI=1S/C25H21ClFN3O5S/c1-35-25(32)23(13-16-14-28-21-5-3-2-4-19(16)21)29-24(31)15-6-11-20(26)22(12-15)30-36(33,34)18-9-7-17(27)8-10-18/h2-12,14,23,28,30H,13H2,1H3,(H,29,31)/t23-/m1/s1. The number of esters is 1. The second-order valence-corrected chi connectivity index (χ2v) is 9.96. The molecule has 0 saturated carbocycles. The quantitative estimate of drug-likeness (QED) is 0.295. The molecule has 11 heteroatoms. The number of nitrogens with one attached hydrogen (secondary N) is 3. The molecule has 1 aromatic heterocycles. The fourth-order valence-electron chi connectivity index (χ4n) is 3.66. The van der Waals surface area contributed by atoms with Crippen LogP contribution in [0.2, 0.25) is 5.02 Å². The fraction of sp³-hybridized carbons (Fsp3) is 0.120. The van der Waals surface area contributed by atoms with Crippen molar-refractivity contribution >= 4 is 50.1 Å². The number of aromatic amines is 1. The average molecular weight is 530 g/mol. The molecule has 0 radical (unpaired) electrons. The van der Waals surface area contributed by atoms with Crippen molar-refractivity contribution in [2.75, 3.05) is 11.8 Å². The van der Waals surface area contributed by atoms with E-state index < -0.39 is 33.8 Å². The molecule has 0 aliphatic rings. The van der Waals surface area contributed by atoms with E-state index in [2.05, 4.69) is 15.0 Å². The maximum Gasteiger partial charge on any atom is 0.328 e. The highest BCUT2D eigenvalue weighted by atomic mass is 35.5. The third-order valence-electron chi connectivity index (χ3n) is 5.49. The number of methoxy groups -OCH3 is 1. The number of sulfonamides is 1. The van der Waals surface area contributed by atoms with Crippen molar-refractivity contribution in [1.29, 1.82) is 0 Å². The number of fused-ring (bicyclic) bond motifs is 1. The molecule has 0 bridgehead atoms. The highest BCUT2D eigenvalue weighted by molar-refractivity contribution is 7.92. The number of para-hydroxylation sites is 1. The van der Waals surface area contributed by atoms with Crippen molar-refractivity contribution in [1.82, 2.24) is 10.3 Å². The number of carbonyl (C=O) groups is 2. The number of halogens is 2. The van der Waals surface area contributed by atoms with Gasteiger partial charge in [0.05, 0.1) is 22.7 Å². The minimum absolute atomic E-state index is 0.0422. The molecule has 3 aromatic carbocycles. The Labute approximate surface area is 211 Å². The zero-order valence-electron chi connectivity index (χ0n) is 18.9. The highest BCUT2D eigenvalue weighted by Crippen LogP contribution is 2.26. The summed E-state index contributed by atoms with van der Waals surface area (Å²) in [6.07, 6.45) is 1.93. The molecular formula is C25H21ClFN3O5S. The molecule has 1 amide bonds. The number of rotatable bonds is 8. The van der Waals surface area contributed by atoms with Gasteiger partial charge in [0.15, 0.2) is 0 Å². The van der Waals surface area contributed by atoms with E-state index in [1.54, 1.807) is 6.20 Å². The van der Waals surface area contributed by atoms with Gasteiger partial charge in [-0.15, -0.1) is 0 Å². The van der Waals surface area contributed by atoms with Crippen LogP contribution < -0.4 is 10.0 Å². The molecule has 4 aromatic rings. The topological polar surface area (TPSA) is 117 Å². The zero-order chi connectivity index (χ0) is 25.9. The number of carbonyl (C=O) groups excluding carboxylic acids is 2. The highest BCUT2D eigenvalue weighted by Gasteiger charge is 2.25. The fourth-order valence-corrected chi connectivity index (χ4v) is 4.95. The molecule has 0 saturated heterocycles. The SMILES string of the molecule is COC(=O)[C@@H](Cc1c[nH]c2ccccc12)NC(=O)c1ccc(Cl)c(NS(=O)(=O)c2ccc(F)cc2)c1. The number of H-pyrrole nitrogens is 1. The summed E-state index contributed by atoms with van der Waals surface area (Å²) in [7, 11) is -2.88. The van der Waals surface area contributed by atoms with Crippen LogP contribution in [0.15, 0.2) is 77.8 Å². The molecule has 0 aliphatic heterocycles. The van der Waals surface area contributed by atoms with Gasteiger partial charge in [0.2, 0.25) is 0 Å². The summed E-state index contributed by atoms with van der Waals surface area (Å²) in [6, 6.07) is 14.8. The Bertz CT molecular complexity index is 1540. The molecule has 0 fully saturated rings. The average Bonchev–Trinajstić information content (AvgIpc) is 3.27. The predicted molar refractivity (Wildman–Crippen MR) is 134 cm³/mol. The molecular weight excluding hydrogens is 509 g/mol. The van der Waals surface area contributed by atoms with Crippen LogP contribution in [-0.4, -0.2) is 38.4 Å². The third kappa shape index (κ3) is 5.50. The first-order valence-corrected chi connectivity index (χ1v) is 12.6. The van der Waals surface area contributed by atoms with Crippen molar-refractivity contribution in [2.45, 2.75) is 17.4 Å². The summed E-state index contributed by atoms with van der Waals surface area (Å²) < 4.78 is 45.7. The van der Waals surface area contributed by atoms with E-state index in [1.807, 2.05) is 24.3 Å². The first kappa shape index (κ1) is 25.2. The molecule has 1 heterocycles. The summed E-state index contributed by atoms with van der Waals surface area (Å²) in [6.45, 7) is 0. The van der Waals surface area contributed by atoms with Crippen molar-refractivity contribution in [3.05, 3.63) is 94.9 Å². The number of hydrogen-bond acceptors (Lipinski definition) is 5. The predicted octanol–water partition coefficient (Wildman–Crippen LogP) is 4.28. The maximum atomic E-state index is 13.2. The van der Waals surface area contributed by atoms with Crippen LogP contribution in [0, 0.1) is 5.82 Å². The molecule has 1 atom stereocenters. The van der Waals surface area contributed by atoms with E-state index in [1.165, 1.54) is 25.3 Å². The second-order valence-electron chi connectivity index (χ2n) is 7.87. The lowest BCUT2D eigenvalue weighted by Crippen LogP contribution is -2.43. The molecule has 4 rings (SSSR count). The summed E-state index contributed by atoms with van der Waals surface area (Å²) >= 11 is 6.15. The van der Waals surface area contributed by atoms with Crippen LogP contribution in [0.4, 0.5) is 10.1 Å². The van der Waals surface area contributed by atoms with Crippen LogP contribution in [0.3, 0.4) is 0 Å². The number of ether oxygens (including phenoxy) is 1. The van der Waals surface area contributed by atoms with Crippen LogP contribution in [-0.2, 0) is 26.0 Å². The first-order valence-electron chi connectivity index (χ1n) is 10.7. The van der Waals surface area contributed by atoms with Gasteiger partial charge in [-0.25, -0.2) is 17.6 Å². The Hall–Kier alpha value is -3.89. The minimum Gasteiger partial charge on any atom is -0.467 e. The largest absolute Gasteiger partial charge is 0.467 e. The van der Waals surface area contributed by atoms with E-state index in [0.29, 0.717) is 0 Å². The van der Waals surface area contributed by atoms with Gasteiger partial charge in [-0.1, -0.05) is 29.8 Å². The van der Waals surface area contributed by atoms with E-state index in [9.17, 15) is 22.4 Å². The van der Waals surface area contributed by atoms with Crippen molar-refractivity contribution < 1.29 is 27.1 Å². The van der Waals surface area contributed by atoms with E-state index >= 15 is 0 Å². The lowest BCUT2D eigenvalue weighted by atomic mass is 10.0. The van der Waals surface area contributed by atoms with Gasteiger partial charge in [-0.3, -0.25) is 9.52 Å². The van der Waals surface area contributed by atoms with Gasteiger partial charge in [0.1, 0.15) is 11.9 Å². The molecule has 8 nitrogen and oxygen atoms in total. The monoisotopic (exact) mass is 529 g/mol. The summed E-state index contributed by atoms with van der Waals surface area (Å²) in [5, 5.41) is 3.59. The van der Waals surface area contributed by atoms with Crippen molar-refractivity contribution in [3.63, 3.8) is 0 Å².